The number of H-pyrrole nitrogens is 1. The topological polar surface area (TPSA) is 52.5 Å². The minimum atomic E-state index is -4.08. The first kappa shape index (κ1) is 16.2. The Bertz CT molecular complexity index is 950. The average molecular weight is 382 g/mol. The number of piperazine rings is 1. The number of anilines is 1. The van der Waals surface area contributed by atoms with E-state index in [1.807, 2.05) is 18.5 Å². The maximum absolute atomic E-state index is 12.4. The number of rotatable bonds is 4. The van der Waals surface area contributed by atoms with Gasteiger partial charge in [0.05, 0.1) is 29.8 Å². The molecule has 2 aliphatic heterocycles. The largest absolute Gasteiger partial charge is 0.389 e. The van der Waals surface area contributed by atoms with Gasteiger partial charge in [0.1, 0.15) is 0 Å². The highest BCUT2D eigenvalue weighted by molar-refractivity contribution is 7.97. The van der Waals surface area contributed by atoms with Gasteiger partial charge in [-0.25, -0.2) is 14.3 Å². The fourth-order valence-corrected chi connectivity index (χ4v) is 5.17. The zero-order valence-corrected chi connectivity index (χ0v) is 14.6. The maximum atomic E-state index is 12.4. The second-order valence-corrected chi connectivity index (χ2v) is 7.92. The van der Waals surface area contributed by atoms with E-state index < -0.39 is 12.6 Å². The number of nitrogens with zero attached hydrogens (tertiary/aromatic N) is 5. The molecule has 0 amide bonds. The Balaban J connectivity index is 1.35. The second-order valence-electron chi connectivity index (χ2n) is 6.78. The van der Waals surface area contributed by atoms with E-state index in [2.05, 4.69) is 28.6 Å². The zero-order chi connectivity index (χ0) is 17.9. The number of hydrogen-bond donors (Lipinski definition) is 1. The molecule has 0 aromatic carbocycles. The summed E-state index contributed by atoms with van der Waals surface area (Å²) in [7, 11) is 0. The smallest absolute Gasteiger partial charge is 0.345 e. The van der Waals surface area contributed by atoms with Crippen LogP contribution in [0.25, 0.3) is 16.7 Å². The molecular formula is C16H17F3N6S. The number of halogens is 3. The lowest BCUT2D eigenvalue weighted by Gasteiger charge is -2.33. The van der Waals surface area contributed by atoms with Crippen molar-refractivity contribution in [3.05, 3.63) is 24.7 Å². The van der Waals surface area contributed by atoms with Gasteiger partial charge in [0.15, 0.2) is 5.65 Å². The molecule has 10 heteroatoms. The molecule has 0 aliphatic carbocycles. The summed E-state index contributed by atoms with van der Waals surface area (Å²) in [5, 5.41) is 0. The van der Waals surface area contributed by atoms with E-state index in [1.165, 1.54) is 11.9 Å². The summed E-state index contributed by atoms with van der Waals surface area (Å²) in [5.74, 6) is 0.980. The molecule has 1 N–H and O–H groups in total. The predicted molar refractivity (Wildman–Crippen MR) is 94.2 cm³/mol. The van der Waals surface area contributed by atoms with Crippen LogP contribution in [0.3, 0.4) is 0 Å². The number of alkyl halides is 3. The minimum absolute atomic E-state index is 0.0919. The Kier molecular flexibility index (Phi) is 3.61. The standard InChI is InChI=1S/C16H17F3N6S/c17-16(18,19)2-4-26-24-9-10-5-11(24)8-23(10)15-22-7-12-6-21-14-13(25(12)15)1-3-20-14/h1,3,6-7,10-11,20H,2,4-5,8-9H2. The predicted octanol–water partition coefficient (Wildman–Crippen LogP) is 3.07. The van der Waals surface area contributed by atoms with Gasteiger partial charge < -0.3 is 9.88 Å². The van der Waals surface area contributed by atoms with E-state index in [0.717, 1.165) is 42.1 Å². The normalized spacial score (nSPS) is 23.7. The monoisotopic (exact) mass is 382 g/mol. The summed E-state index contributed by atoms with van der Waals surface area (Å²) in [5.41, 5.74) is 2.73. The van der Waals surface area contributed by atoms with Crippen LogP contribution < -0.4 is 4.90 Å². The first-order valence-corrected chi connectivity index (χ1v) is 9.46. The van der Waals surface area contributed by atoms with Gasteiger partial charge in [-0.3, -0.25) is 4.40 Å². The highest BCUT2D eigenvalue weighted by Crippen LogP contribution is 2.39. The third kappa shape index (κ3) is 2.62. The second kappa shape index (κ2) is 5.78. The average Bonchev–Trinajstić information content (AvgIpc) is 3.34. The van der Waals surface area contributed by atoms with E-state index in [4.69, 9.17) is 0 Å². The number of hydrogen-bond acceptors (Lipinski definition) is 5. The molecule has 0 radical (unpaired) electrons. The first-order chi connectivity index (χ1) is 12.5. The van der Waals surface area contributed by atoms with Gasteiger partial charge in [0, 0.05) is 37.1 Å². The quantitative estimate of drug-likeness (QED) is 0.703. The third-order valence-corrected chi connectivity index (χ3v) is 6.30. The molecule has 3 aromatic heterocycles. The summed E-state index contributed by atoms with van der Waals surface area (Å²) in [6.07, 6.45) is 1.62. The molecule has 2 aliphatic rings. The lowest BCUT2D eigenvalue weighted by Crippen LogP contribution is -2.44. The Morgan fingerprint density at radius 3 is 2.81 bits per heavy atom. The summed E-state index contributed by atoms with van der Waals surface area (Å²) in [6, 6.07) is 2.54. The van der Waals surface area contributed by atoms with Crippen molar-refractivity contribution < 1.29 is 13.2 Å². The molecule has 2 saturated heterocycles. The van der Waals surface area contributed by atoms with Gasteiger partial charge in [-0.1, -0.05) is 11.9 Å². The van der Waals surface area contributed by atoms with Crippen molar-refractivity contribution in [1.82, 2.24) is 23.7 Å². The van der Waals surface area contributed by atoms with E-state index in [-0.39, 0.29) is 17.8 Å². The molecule has 3 aromatic rings. The van der Waals surface area contributed by atoms with Gasteiger partial charge in [-0.15, -0.1) is 0 Å². The Labute approximate surface area is 151 Å². The molecular weight excluding hydrogens is 365 g/mol. The number of imidazole rings is 1. The van der Waals surface area contributed by atoms with E-state index >= 15 is 0 Å². The lowest BCUT2D eigenvalue weighted by molar-refractivity contribution is -0.129. The van der Waals surface area contributed by atoms with E-state index in [1.54, 1.807) is 6.20 Å². The molecule has 0 saturated carbocycles. The van der Waals surface area contributed by atoms with Gasteiger partial charge in [-0.05, 0) is 12.5 Å². The van der Waals surface area contributed by atoms with Gasteiger partial charge in [0.2, 0.25) is 5.95 Å². The molecule has 5 rings (SSSR count). The lowest BCUT2D eigenvalue weighted by atomic mass is 10.2. The van der Waals surface area contributed by atoms with Crippen LogP contribution in [0.15, 0.2) is 24.7 Å². The zero-order valence-electron chi connectivity index (χ0n) is 13.8. The summed E-state index contributed by atoms with van der Waals surface area (Å²) in [4.78, 5) is 14.4. The van der Waals surface area contributed by atoms with Crippen molar-refractivity contribution in [3.8, 4) is 0 Å². The molecule has 2 unspecified atom stereocenters. The van der Waals surface area contributed by atoms with Crippen LogP contribution in [0.2, 0.25) is 0 Å². The first-order valence-electron chi connectivity index (χ1n) is 8.52. The molecule has 138 valence electrons. The molecule has 2 atom stereocenters. The number of aromatic nitrogens is 4. The van der Waals surface area contributed by atoms with Crippen LogP contribution in [-0.2, 0) is 0 Å². The van der Waals surface area contributed by atoms with Crippen LogP contribution in [0.5, 0.6) is 0 Å². The third-order valence-electron chi connectivity index (χ3n) is 5.13. The Morgan fingerprint density at radius 1 is 1.19 bits per heavy atom. The fraction of sp³-hybridized carbons (Fsp3) is 0.500. The van der Waals surface area contributed by atoms with Crippen molar-refractivity contribution in [3.63, 3.8) is 0 Å². The van der Waals surface area contributed by atoms with Crippen LogP contribution in [0.4, 0.5) is 19.1 Å². The van der Waals surface area contributed by atoms with Crippen molar-refractivity contribution >= 4 is 34.6 Å². The number of aromatic amines is 1. The van der Waals surface area contributed by atoms with Crippen molar-refractivity contribution in [2.24, 2.45) is 0 Å². The number of fused-ring (bicyclic) bond motifs is 5. The molecule has 0 spiro atoms. The van der Waals surface area contributed by atoms with Crippen LogP contribution >= 0.6 is 11.9 Å². The summed E-state index contributed by atoms with van der Waals surface area (Å²) in [6.45, 7) is 1.56. The molecule has 5 heterocycles. The summed E-state index contributed by atoms with van der Waals surface area (Å²) < 4.78 is 41.3. The Hall–Kier alpha value is -1.94. The fourth-order valence-electron chi connectivity index (χ4n) is 3.97. The van der Waals surface area contributed by atoms with Crippen LogP contribution in [0, 0.1) is 0 Å². The molecule has 2 fully saturated rings. The molecule has 2 bridgehead atoms. The maximum Gasteiger partial charge on any atom is 0.389 e. The highest BCUT2D eigenvalue weighted by atomic mass is 32.2. The van der Waals surface area contributed by atoms with Crippen LogP contribution in [0.1, 0.15) is 12.8 Å². The van der Waals surface area contributed by atoms with E-state index in [9.17, 15) is 13.2 Å². The van der Waals surface area contributed by atoms with E-state index in [0.29, 0.717) is 0 Å². The minimum Gasteiger partial charge on any atom is -0.345 e. The molecule has 6 nitrogen and oxygen atoms in total. The van der Waals surface area contributed by atoms with Gasteiger partial charge >= 0.3 is 6.18 Å². The highest BCUT2D eigenvalue weighted by Gasteiger charge is 2.45. The van der Waals surface area contributed by atoms with Gasteiger partial charge in [0.25, 0.3) is 0 Å². The molecule has 26 heavy (non-hydrogen) atoms. The van der Waals surface area contributed by atoms with Crippen molar-refractivity contribution in [2.45, 2.75) is 31.1 Å². The van der Waals surface area contributed by atoms with Crippen LogP contribution in [-0.4, -0.2) is 60.8 Å². The number of nitrogens with one attached hydrogen (secondary N) is 1. The van der Waals surface area contributed by atoms with Crippen molar-refractivity contribution in [2.75, 3.05) is 23.7 Å². The Morgan fingerprint density at radius 2 is 2.04 bits per heavy atom. The van der Waals surface area contributed by atoms with Crippen molar-refractivity contribution in [1.29, 1.82) is 0 Å². The summed E-state index contributed by atoms with van der Waals surface area (Å²) >= 11 is 1.33. The SMILES string of the molecule is FC(F)(F)CCSN1CC2CC1CN2c1ncc2cnc3[nH]ccc3n12. The van der Waals surface area contributed by atoms with Gasteiger partial charge in [-0.2, -0.15) is 13.2 Å².